The molecule has 0 aromatic heterocycles. The predicted octanol–water partition coefficient (Wildman–Crippen LogP) is 4.87. The molecule has 5 heteroatoms. The molecule has 0 amide bonds. The highest BCUT2D eigenvalue weighted by molar-refractivity contribution is 8.13. The highest BCUT2D eigenvalue weighted by atomic mass is 32.2. The molecular formula is C20H24N2O2S. The first-order chi connectivity index (χ1) is 12.0. The van der Waals surface area contributed by atoms with E-state index in [0.717, 1.165) is 17.7 Å². The van der Waals surface area contributed by atoms with Gasteiger partial charge in [0.2, 0.25) is 0 Å². The van der Waals surface area contributed by atoms with Crippen molar-refractivity contribution in [1.29, 1.82) is 0 Å². The van der Waals surface area contributed by atoms with E-state index < -0.39 is 0 Å². The summed E-state index contributed by atoms with van der Waals surface area (Å²) in [7, 11) is 1.38. The number of carbonyl (C=O) groups excluding carboxylic acids is 1. The van der Waals surface area contributed by atoms with Crippen LogP contribution in [0.5, 0.6) is 0 Å². The third-order valence-electron chi connectivity index (χ3n) is 4.05. The normalized spacial score (nSPS) is 12.7. The molecule has 2 N–H and O–H groups in total. The summed E-state index contributed by atoms with van der Waals surface area (Å²) in [5.74, 6) is 0.854. The third kappa shape index (κ3) is 5.64. The van der Waals surface area contributed by atoms with Crippen molar-refractivity contribution >= 4 is 28.6 Å². The van der Waals surface area contributed by atoms with Crippen LogP contribution in [0.3, 0.4) is 0 Å². The summed E-state index contributed by atoms with van der Waals surface area (Å²) < 4.78 is 4.74. The van der Waals surface area contributed by atoms with Crippen molar-refractivity contribution in [3.8, 4) is 0 Å². The summed E-state index contributed by atoms with van der Waals surface area (Å²) in [6, 6.07) is 15.5. The van der Waals surface area contributed by atoms with Crippen molar-refractivity contribution in [3.05, 3.63) is 65.2 Å². The number of amidine groups is 1. The second-order valence-electron chi connectivity index (χ2n) is 5.83. The SMILES string of the molecule is CC[C@H](C)c1ccc(N=C(N)SCc2cccc(C(=O)OC)c2)cc1. The number of ether oxygens (including phenoxy) is 1. The van der Waals surface area contributed by atoms with Crippen LogP contribution in [-0.2, 0) is 10.5 Å². The van der Waals surface area contributed by atoms with Gasteiger partial charge in [0.05, 0.1) is 18.4 Å². The molecule has 0 spiro atoms. The molecule has 0 heterocycles. The van der Waals surface area contributed by atoms with Crippen LogP contribution in [0.4, 0.5) is 5.69 Å². The first-order valence-electron chi connectivity index (χ1n) is 8.27. The second-order valence-corrected chi connectivity index (χ2v) is 6.83. The Labute approximate surface area is 153 Å². The maximum atomic E-state index is 11.6. The average molecular weight is 356 g/mol. The zero-order chi connectivity index (χ0) is 18.2. The Kier molecular flexibility index (Phi) is 7.07. The molecule has 0 saturated heterocycles. The quantitative estimate of drug-likeness (QED) is 0.456. The highest BCUT2D eigenvalue weighted by Crippen LogP contribution is 2.23. The number of esters is 1. The number of hydrogen-bond acceptors (Lipinski definition) is 4. The van der Waals surface area contributed by atoms with Crippen LogP contribution in [-0.4, -0.2) is 18.2 Å². The monoisotopic (exact) mass is 356 g/mol. The van der Waals surface area contributed by atoms with Gasteiger partial charge in [-0.1, -0.05) is 49.9 Å². The van der Waals surface area contributed by atoms with Crippen molar-refractivity contribution in [3.63, 3.8) is 0 Å². The molecule has 0 bridgehead atoms. The minimum absolute atomic E-state index is 0.338. The van der Waals surface area contributed by atoms with Gasteiger partial charge in [-0.2, -0.15) is 0 Å². The molecule has 25 heavy (non-hydrogen) atoms. The maximum Gasteiger partial charge on any atom is 0.337 e. The number of nitrogens with two attached hydrogens (primary N) is 1. The van der Waals surface area contributed by atoms with Crippen LogP contribution >= 0.6 is 11.8 Å². The fourth-order valence-electron chi connectivity index (χ4n) is 2.34. The summed E-state index contributed by atoms with van der Waals surface area (Å²) in [5.41, 5.74) is 9.72. The Bertz CT molecular complexity index is 742. The highest BCUT2D eigenvalue weighted by Gasteiger charge is 2.06. The van der Waals surface area contributed by atoms with Gasteiger partial charge in [0, 0.05) is 5.75 Å². The number of carbonyl (C=O) groups is 1. The number of methoxy groups -OCH3 is 1. The molecular weight excluding hydrogens is 332 g/mol. The molecule has 2 aromatic carbocycles. The topological polar surface area (TPSA) is 64.7 Å². The molecule has 1 atom stereocenters. The van der Waals surface area contributed by atoms with Gasteiger partial charge in [0.15, 0.2) is 5.17 Å². The lowest BCUT2D eigenvalue weighted by Crippen LogP contribution is -2.06. The van der Waals surface area contributed by atoms with Gasteiger partial charge >= 0.3 is 5.97 Å². The summed E-state index contributed by atoms with van der Waals surface area (Å²) in [5, 5.41) is 0.500. The smallest absolute Gasteiger partial charge is 0.337 e. The average Bonchev–Trinajstić information content (AvgIpc) is 2.66. The number of nitrogens with zero attached hydrogens (tertiary/aromatic N) is 1. The van der Waals surface area contributed by atoms with Gasteiger partial charge in [-0.25, -0.2) is 9.79 Å². The van der Waals surface area contributed by atoms with E-state index in [1.54, 1.807) is 6.07 Å². The standard InChI is InChI=1S/C20H24N2O2S/c1-4-14(2)16-8-10-18(11-9-16)22-20(21)25-13-15-6-5-7-17(12-15)19(23)24-3/h5-12,14H,4,13H2,1-3H3,(H2,21,22)/t14-/m0/s1. The number of hydrogen-bond donors (Lipinski definition) is 1. The lowest BCUT2D eigenvalue weighted by molar-refractivity contribution is 0.0600. The summed E-state index contributed by atoms with van der Waals surface area (Å²) in [6.45, 7) is 4.39. The molecule has 2 rings (SSSR count). The van der Waals surface area contributed by atoms with E-state index in [0.29, 0.717) is 22.4 Å². The molecule has 0 fully saturated rings. The van der Waals surface area contributed by atoms with Crippen LogP contribution in [0.25, 0.3) is 0 Å². The Morgan fingerprint density at radius 3 is 2.60 bits per heavy atom. The fourth-order valence-corrected chi connectivity index (χ4v) is 3.00. The Hall–Kier alpha value is -2.27. The first kappa shape index (κ1) is 19.1. The number of benzene rings is 2. The maximum absolute atomic E-state index is 11.6. The molecule has 0 aliphatic rings. The second kappa shape index (κ2) is 9.28. The van der Waals surface area contributed by atoms with E-state index in [1.165, 1.54) is 24.4 Å². The largest absolute Gasteiger partial charge is 0.465 e. The lowest BCUT2D eigenvalue weighted by atomic mass is 9.99. The molecule has 0 saturated carbocycles. The van der Waals surface area contributed by atoms with E-state index in [1.807, 2.05) is 30.3 Å². The summed E-state index contributed by atoms with van der Waals surface area (Å²) in [6.07, 6.45) is 1.12. The zero-order valence-electron chi connectivity index (χ0n) is 14.9. The molecule has 4 nitrogen and oxygen atoms in total. The van der Waals surface area contributed by atoms with Gasteiger partial charge in [0.25, 0.3) is 0 Å². The van der Waals surface area contributed by atoms with E-state index in [4.69, 9.17) is 10.5 Å². The van der Waals surface area contributed by atoms with Crippen LogP contribution < -0.4 is 5.73 Å². The molecule has 132 valence electrons. The summed E-state index contributed by atoms with van der Waals surface area (Å²) in [4.78, 5) is 16.0. The van der Waals surface area contributed by atoms with Gasteiger partial charge in [0.1, 0.15) is 0 Å². The molecule has 0 unspecified atom stereocenters. The Morgan fingerprint density at radius 1 is 1.24 bits per heavy atom. The number of thioether (sulfide) groups is 1. The van der Waals surface area contributed by atoms with E-state index in [9.17, 15) is 4.79 Å². The molecule has 0 aliphatic carbocycles. The van der Waals surface area contributed by atoms with Crippen molar-refractivity contribution in [2.24, 2.45) is 10.7 Å². The minimum atomic E-state index is -0.338. The number of aliphatic imine (C=N–C) groups is 1. The van der Waals surface area contributed by atoms with Crippen LogP contribution in [0, 0.1) is 0 Å². The fraction of sp³-hybridized carbons (Fsp3) is 0.300. The number of rotatable bonds is 6. The van der Waals surface area contributed by atoms with Crippen molar-refractivity contribution < 1.29 is 9.53 Å². The van der Waals surface area contributed by atoms with E-state index in [-0.39, 0.29) is 5.97 Å². The van der Waals surface area contributed by atoms with E-state index >= 15 is 0 Å². The molecule has 0 aliphatic heterocycles. The van der Waals surface area contributed by atoms with Crippen molar-refractivity contribution in [2.45, 2.75) is 31.9 Å². The van der Waals surface area contributed by atoms with Gasteiger partial charge < -0.3 is 10.5 Å². The van der Waals surface area contributed by atoms with Gasteiger partial charge in [-0.05, 0) is 47.7 Å². The Balaban J connectivity index is 1.98. The summed E-state index contributed by atoms with van der Waals surface area (Å²) >= 11 is 1.44. The minimum Gasteiger partial charge on any atom is -0.465 e. The van der Waals surface area contributed by atoms with Gasteiger partial charge in [-0.3, -0.25) is 0 Å². The van der Waals surface area contributed by atoms with Crippen LogP contribution in [0.15, 0.2) is 53.5 Å². The molecule has 0 radical (unpaired) electrons. The third-order valence-corrected chi connectivity index (χ3v) is 4.91. The van der Waals surface area contributed by atoms with Crippen LogP contribution in [0.1, 0.15) is 47.7 Å². The van der Waals surface area contributed by atoms with Crippen molar-refractivity contribution in [2.75, 3.05) is 7.11 Å². The molecule has 2 aromatic rings. The lowest BCUT2D eigenvalue weighted by Gasteiger charge is -2.08. The van der Waals surface area contributed by atoms with Gasteiger partial charge in [-0.15, -0.1) is 0 Å². The predicted molar refractivity (Wildman–Crippen MR) is 106 cm³/mol. The first-order valence-corrected chi connectivity index (χ1v) is 9.26. The van der Waals surface area contributed by atoms with Crippen molar-refractivity contribution in [1.82, 2.24) is 0 Å². The Morgan fingerprint density at radius 2 is 1.96 bits per heavy atom. The van der Waals surface area contributed by atoms with E-state index in [2.05, 4.69) is 31.0 Å². The van der Waals surface area contributed by atoms with Crippen LogP contribution in [0.2, 0.25) is 0 Å². The zero-order valence-corrected chi connectivity index (χ0v) is 15.7.